The van der Waals surface area contributed by atoms with E-state index in [1.54, 1.807) is 48.5 Å². The molecule has 2 saturated heterocycles. The Kier molecular flexibility index (Phi) is 5.13. The van der Waals surface area contributed by atoms with E-state index in [1.807, 2.05) is 48.3 Å². The summed E-state index contributed by atoms with van der Waals surface area (Å²) in [6.45, 7) is 0.0311. The van der Waals surface area contributed by atoms with E-state index < -0.39 is 35.1 Å². The fourth-order valence-electron chi connectivity index (χ4n) is 8.68. The van der Waals surface area contributed by atoms with E-state index >= 15 is 0 Å². The summed E-state index contributed by atoms with van der Waals surface area (Å²) in [7, 11) is 1.86. The number of fused-ring (bicyclic) bond motifs is 1. The summed E-state index contributed by atoms with van der Waals surface area (Å²) < 4.78 is 0. The number of rotatable bonds is 5. The summed E-state index contributed by atoms with van der Waals surface area (Å²) in [5.41, 5.74) is 2.76. The van der Waals surface area contributed by atoms with Crippen LogP contribution in [0.25, 0.3) is 5.57 Å². The van der Waals surface area contributed by atoms with Gasteiger partial charge >= 0.3 is 0 Å². The maximum Gasteiger partial charge on any atom is 0.240 e. The molecular formula is C33H28N4O5. The van der Waals surface area contributed by atoms with Gasteiger partial charge in [-0.05, 0) is 30.3 Å². The number of hydrogen-bond donors (Lipinski definition) is 2. The van der Waals surface area contributed by atoms with E-state index in [1.165, 1.54) is 9.80 Å². The van der Waals surface area contributed by atoms with Crippen molar-refractivity contribution in [2.24, 2.45) is 29.6 Å². The Bertz CT molecular complexity index is 1640. The molecule has 210 valence electrons. The van der Waals surface area contributed by atoms with Crippen LogP contribution in [0.2, 0.25) is 0 Å². The first-order chi connectivity index (χ1) is 20.4. The lowest BCUT2D eigenvalue weighted by Gasteiger charge is -2.58. The van der Waals surface area contributed by atoms with E-state index in [4.69, 9.17) is 0 Å². The van der Waals surface area contributed by atoms with Gasteiger partial charge in [0.1, 0.15) is 0 Å². The first kappa shape index (κ1) is 25.0. The Balaban J connectivity index is 1.42. The Morgan fingerprint density at radius 1 is 0.690 bits per heavy atom. The van der Waals surface area contributed by atoms with Gasteiger partial charge in [-0.1, -0.05) is 54.6 Å². The summed E-state index contributed by atoms with van der Waals surface area (Å²) in [6, 6.07) is 25.4. The number of carbonyl (C=O) groups is 4. The van der Waals surface area contributed by atoms with Gasteiger partial charge in [-0.3, -0.25) is 19.2 Å². The van der Waals surface area contributed by atoms with Crippen LogP contribution in [0.15, 0.2) is 90.6 Å². The molecule has 0 aromatic heterocycles. The Hall–Kier alpha value is -4.76. The minimum atomic E-state index is -1.29. The molecule has 2 N–H and O–H groups in total. The number of imide groups is 2. The van der Waals surface area contributed by atoms with Crippen LogP contribution in [0.4, 0.5) is 17.1 Å². The van der Waals surface area contributed by atoms with Gasteiger partial charge < -0.3 is 15.3 Å². The predicted molar refractivity (Wildman–Crippen MR) is 155 cm³/mol. The van der Waals surface area contributed by atoms with Crippen molar-refractivity contribution in [3.8, 4) is 0 Å². The molecule has 4 atom stereocenters. The zero-order chi connectivity index (χ0) is 28.9. The SMILES string of the molecule is CN1c2ccccc2C2=C(NCCO)C3C4C(=O)N(c5ccccc5)C(=O)C4C21C1C(=O)N(c2ccccc2)C(=O)C31. The molecule has 3 aromatic rings. The van der Waals surface area contributed by atoms with Crippen LogP contribution in [0.3, 0.4) is 0 Å². The third-order valence-corrected chi connectivity index (χ3v) is 9.97. The Labute approximate surface area is 242 Å². The van der Waals surface area contributed by atoms with Crippen LogP contribution in [0, 0.1) is 29.6 Å². The van der Waals surface area contributed by atoms with Gasteiger partial charge in [-0.2, -0.15) is 0 Å². The highest BCUT2D eigenvalue weighted by Gasteiger charge is 2.81. The molecule has 6 aliphatic rings. The molecule has 3 fully saturated rings. The summed E-state index contributed by atoms with van der Waals surface area (Å²) in [4.78, 5) is 62.5. The summed E-state index contributed by atoms with van der Waals surface area (Å²) in [5, 5.41) is 13.2. The Morgan fingerprint density at radius 3 is 1.71 bits per heavy atom. The predicted octanol–water partition coefficient (Wildman–Crippen LogP) is 2.42. The summed E-state index contributed by atoms with van der Waals surface area (Å²) in [5.74, 6) is -5.74. The third kappa shape index (κ3) is 2.76. The third-order valence-electron chi connectivity index (χ3n) is 9.97. The average molecular weight is 561 g/mol. The van der Waals surface area contributed by atoms with Crippen molar-refractivity contribution in [2.45, 2.75) is 5.54 Å². The van der Waals surface area contributed by atoms with Crippen molar-refractivity contribution in [3.63, 3.8) is 0 Å². The van der Waals surface area contributed by atoms with E-state index in [-0.39, 0.29) is 36.8 Å². The van der Waals surface area contributed by atoms with Crippen LogP contribution in [0.5, 0.6) is 0 Å². The molecule has 9 rings (SSSR count). The molecule has 1 spiro atoms. The molecule has 9 heteroatoms. The minimum absolute atomic E-state index is 0.164. The lowest BCUT2D eigenvalue weighted by Crippen LogP contribution is -2.70. The van der Waals surface area contributed by atoms with Gasteiger partial charge in [0.2, 0.25) is 23.6 Å². The van der Waals surface area contributed by atoms with Crippen molar-refractivity contribution < 1.29 is 24.3 Å². The molecule has 2 bridgehead atoms. The maximum atomic E-state index is 14.6. The monoisotopic (exact) mass is 560 g/mol. The van der Waals surface area contributed by atoms with Crippen molar-refractivity contribution in [1.82, 2.24) is 5.32 Å². The van der Waals surface area contributed by atoms with Crippen LogP contribution in [-0.2, 0) is 19.2 Å². The van der Waals surface area contributed by atoms with E-state index in [0.29, 0.717) is 17.1 Å². The van der Waals surface area contributed by atoms with Crippen LogP contribution in [-0.4, -0.2) is 54.5 Å². The molecule has 42 heavy (non-hydrogen) atoms. The topological polar surface area (TPSA) is 110 Å². The molecule has 3 aromatic carbocycles. The summed E-state index contributed by atoms with van der Waals surface area (Å²) in [6.07, 6.45) is 0. The quantitative estimate of drug-likeness (QED) is 0.462. The number of nitrogens with one attached hydrogen (secondary N) is 1. The molecule has 3 heterocycles. The fourth-order valence-corrected chi connectivity index (χ4v) is 8.68. The standard InChI is InChI=1S/C33H28N4O5/c1-35-21-15-9-8-14-20(21)25-28(34-16-17-38)22-23-26(31(41)36(29(23)39)18-10-4-2-5-11-18)33(25,35)27-24(22)30(40)37(32(27)42)19-12-6-3-7-13-19/h2-15,22-24,26-27,34,38H,16-17H2,1H3. The number of anilines is 3. The van der Waals surface area contributed by atoms with Crippen molar-refractivity contribution in [2.75, 3.05) is 34.9 Å². The minimum Gasteiger partial charge on any atom is -0.395 e. The number of para-hydroxylation sites is 3. The zero-order valence-corrected chi connectivity index (χ0v) is 22.8. The van der Waals surface area contributed by atoms with Crippen molar-refractivity contribution in [3.05, 3.63) is 96.2 Å². The lowest BCUT2D eigenvalue weighted by atomic mass is 9.46. The molecule has 0 radical (unpaired) electrons. The number of nitrogens with zero attached hydrogens (tertiary/aromatic N) is 3. The van der Waals surface area contributed by atoms with Crippen LogP contribution < -0.4 is 20.0 Å². The molecule has 9 nitrogen and oxygen atoms in total. The molecular weight excluding hydrogens is 532 g/mol. The van der Waals surface area contributed by atoms with Gasteiger partial charge in [0.25, 0.3) is 0 Å². The number of allylic oxidation sites excluding steroid dienone is 1. The second kappa shape index (κ2) is 8.62. The van der Waals surface area contributed by atoms with E-state index in [0.717, 1.165) is 16.8 Å². The second-order valence-electron chi connectivity index (χ2n) is 11.6. The van der Waals surface area contributed by atoms with Gasteiger partial charge in [-0.15, -0.1) is 0 Å². The van der Waals surface area contributed by atoms with Crippen molar-refractivity contribution >= 4 is 46.3 Å². The van der Waals surface area contributed by atoms with Gasteiger partial charge in [0.05, 0.1) is 47.2 Å². The van der Waals surface area contributed by atoms with Gasteiger partial charge in [0, 0.05) is 42.0 Å². The largest absolute Gasteiger partial charge is 0.395 e. The number of aliphatic hydroxyl groups is 1. The van der Waals surface area contributed by atoms with Crippen LogP contribution in [0.1, 0.15) is 5.56 Å². The van der Waals surface area contributed by atoms with E-state index in [9.17, 15) is 24.3 Å². The smallest absolute Gasteiger partial charge is 0.240 e. The molecule has 4 amide bonds. The van der Waals surface area contributed by atoms with Crippen molar-refractivity contribution in [1.29, 1.82) is 0 Å². The van der Waals surface area contributed by atoms with Crippen LogP contribution >= 0.6 is 0 Å². The number of amides is 4. The van der Waals surface area contributed by atoms with Gasteiger partial charge in [0.15, 0.2) is 0 Å². The lowest BCUT2D eigenvalue weighted by molar-refractivity contribution is -0.139. The van der Waals surface area contributed by atoms with Gasteiger partial charge in [-0.25, -0.2) is 9.80 Å². The number of benzene rings is 3. The van der Waals surface area contributed by atoms with E-state index in [2.05, 4.69) is 5.32 Å². The molecule has 3 aliphatic carbocycles. The number of aliphatic hydroxyl groups excluding tert-OH is 1. The highest BCUT2D eigenvalue weighted by atomic mass is 16.3. The maximum absolute atomic E-state index is 14.6. The first-order valence-corrected chi connectivity index (χ1v) is 14.2. The first-order valence-electron chi connectivity index (χ1n) is 14.2. The second-order valence-corrected chi connectivity index (χ2v) is 11.6. The molecule has 3 aliphatic heterocycles. The average Bonchev–Trinajstić information content (AvgIpc) is 3.56. The highest BCUT2D eigenvalue weighted by molar-refractivity contribution is 6.29. The molecule has 4 unspecified atom stereocenters. The zero-order valence-electron chi connectivity index (χ0n) is 22.8. The summed E-state index contributed by atoms with van der Waals surface area (Å²) >= 11 is 0. The number of likely N-dealkylation sites (N-methyl/N-ethyl adjacent to an activating group) is 1. The normalized spacial score (nSPS) is 30.6. The number of carbonyl (C=O) groups excluding carboxylic acids is 4. The highest BCUT2D eigenvalue weighted by Crippen LogP contribution is 2.71. The molecule has 1 saturated carbocycles. The number of hydrogen-bond acceptors (Lipinski definition) is 7. The Morgan fingerprint density at radius 2 is 1.19 bits per heavy atom. The fraction of sp³-hybridized carbons (Fsp3) is 0.273.